The third-order valence-electron chi connectivity index (χ3n) is 5.34. The Morgan fingerprint density at radius 1 is 1.36 bits per heavy atom. The monoisotopic (exact) mass is 503 g/mol. The average Bonchev–Trinajstić information content (AvgIpc) is 3.41. The van der Waals surface area contributed by atoms with Crippen molar-refractivity contribution in [2.24, 2.45) is 15.9 Å². The Labute approximate surface area is 204 Å². The largest absolute Gasteiger partial charge is 0.442 e. The quantitative estimate of drug-likeness (QED) is 0.431. The second-order valence-corrected chi connectivity index (χ2v) is 7.66. The number of anilines is 3. The molecule has 36 heavy (non-hydrogen) atoms. The van der Waals surface area contributed by atoms with E-state index in [1.54, 1.807) is 0 Å². The van der Waals surface area contributed by atoms with Gasteiger partial charge < -0.3 is 19.9 Å². The number of ether oxygens (including phenoxy) is 1. The van der Waals surface area contributed by atoms with Crippen molar-refractivity contribution in [2.45, 2.75) is 6.10 Å². The fourth-order valence-electron chi connectivity index (χ4n) is 3.67. The summed E-state index contributed by atoms with van der Waals surface area (Å²) in [4.78, 5) is 27.3. The molecule has 2 aromatic rings. The summed E-state index contributed by atoms with van der Waals surface area (Å²) >= 11 is 0. The highest BCUT2D eigenvalue weighted by atomic mass is 19.1. The molecule has 3 heterocycles. The Hall–Kier alpha value is -4.69. The summed E-state index contributed by atoms with van der Waals surface area (Å²) < 4.78 is 40.1. The first-order valence-electron chi connectivity index (χ1n) is 10.7. The number of benzene rings is 1. The Balaban J connectivity index is 1.43. The van der Waals surface area contributed by atoms with Crippen LogP contribution in [0.1, 0.15) is 0 Å². The summed E-state index contributed by atoms with van der Waals surface area (Å²) in [5.74, 6) is -1.63. The number of halogens is 2. The van der Waals surface area contributed by atoms with Crippen molar-refractivity contribution in [1.29, 1.82) is 0 Å². The normalized spacial score (nSPS) is 17.9. The average molecular weight is 503 g/mol. The van der Waals surface area contributed by atoms with E-state index < -0.39 is 35.6 Å². The molecule has 2 aliphatic rings. The van der Waals surface area contributed by atoms with Crippen molar-refractivity contribution in [3.05, 3.63) is 48.5 Å². The molecule has 1 saturated heterocycles. The molecule has 1 aromatic heterocycles. The number of nitrogens with one attached hydrogen (secondary N) is 1. The molecule has 3 amide bonds. The number of nitrogens with zero attached hydrogens (tertiary/aromatic N) is 7. The zero-order valence-corrected chi connectivity index (χ0v) is 19.0. The van der Waals surface area contributed by atoms with Gasteiger partial charge in [-0.05, 0) is 0 Å². The molecule has 0 radical (unpaired) electrons. The van der Waals surface area contributed by atoms with Crippen molar-refractivity contribution < 1.29 is 27.6 Å². The van der Waals surface area contributed by atoms with Crippen molar-refractivity contribution in [1.82, 2.24) is 15.1 Å². The van der Waals surface area contributed by atoms with Gasteiger partial charge in [0.15, 0.2) is 17.5 Å². The van der Waals surface area contributed by atoms with Crippen LogP contribution >= 0.6 is 0 Å². The standard InChI is InChI=1S/C21H23F2N9O4/c1-25-30(5-3-24)12-15-13-31(21(34)36-15)14-10-16(22)19(17(23)11-14)32-8-7-29(6-4-26-32)20(33)27-18-2-9-35-28-18/h2-5,9-11,15H,1,6-8,12-13,24H2,(H,27,28,33)/b5-3-/t15-/m0/s1. The van der Waals surface area contributed by atoms with Gasteiger partial charge in [0.2, 0.25) is 0 Å². The number of carbonyl (C=O) groups excluding carboxylic acids is 2. The summed E-state index contributed by atoms with van der Waals surface area (Å²) in [6.45, 7) is 3.85. The lowest BCUT2D eigenvalue weighted by Crippen LogP contribution is -2.39. The predicted octanol–water partition coefficient (Wildman–Crippen LogP) is 1.97. The smallest absolute Gasteiger partial charge is 0.414 e. The number of urea groups is 1. The van der Waals surface area contributed by atoms with Crippen molar-refractivity contribution in [3.63, 3.8) is 0 Å². The molecular weight excluding hydrogens is 480 g/mol. The summed E-state index contributed by atoms with van der Waals surface area (Å²) in [5, 5.41) is 16.5. The van der Waals surface area contributed by atoms with Crippen LogP contribution in [0, 0.1) is 11.6 Å². The lowest BCUT2D eigenvalue weighted by molar-refractivity contribution is 0.123. The number of hydrazone groups is 2. The summed E-state index contributed by atoms with van der Waals surface area (Å²) in [6.07, 6.45) is 3.98. The van der Waals surface area contributed by atoms with Crippen LogP contribution in [0.25, 0.3) is 0 Å². The van der Waals surface area contributed by atoms with Crippen LogP contribution in [0.2, 0.25) is 0 Å². The minimum Gasteiger partial charge on any atom is -0.442 e. The Bertz CT molecular complexity index is 1150. The van der Waals surface area contributed by atoms with Gasteiger partial charge in [-0.25, -0.2) is 18.4 Å². The number of rotatable bonds is 7. The highest BCUT2D eigenvalue weighted by molar-refractivity contribution is 5.91. The van der Waals surface area contributed by atoms with Crippen LogP contribution in [0.4, 0.5) is 35.6 Å². The van der Waals surface area contributed by atoms with E-state index in [4.69, 9.17) is 10.5 Å². The maximum absolute atomic E-state index is 15.1. The molecule has 3 N–H and O–H groups in total. The number of amides is 3. The molecular formula is C21H23F2N9O4. The third-order valence-corrected chi connectivity index (χ3v) is 5.34. The molecule has 0 bridgehead atoms. The number of cyclic esters (lactones) is 1. The fraction of sp³-hybridized carbons (Fsp3) is 0.286. The van der Waals surface area contributed by atoms with E-state index in [9.17, 15) is 9.59 Å². The Kier molecular flexibility index (Phi) is 7.27. The second kappa shape index (κ2) is 10.7. The van der Waals surface area contributed by atoms with Gasteiger partial charge >= 0.3 is 12.1 Å². The van der Waals surface area contributed by atoms with E-state index in [2.05, 4.69) is 31.9 Å². The highest BCUT2D eigenvalue weighted by Gasteiger charge is 2.34. The lowest BCUT2D eigenvalue weighted by Gasteiger charge is -2.23. The first-order chi connectivity index (χ1) is 17.4. The molecule has 2 aliphatic heterocycles. The van der Waals surface area contributed by atoms with Gasteiger partial charge in [-0.1, -0.05) is 5.16 Å². The number of hydrogen-bond acceptors (Lipinski definition) is 10. The van der Waals surface area contributed by atoms with Gasteiger partial charge in [0.05, 0.1) is 31.9 Å². The number of nitrogens with two attached hydrogens (primary N) is 1. The van der Waals surface area contributed by atoms with Crippen molar-refractivity contribution in [2.75, 3.05) is 47.9 Å². The topological polar surface area (TPSA) is 145 Å². The first kappa shape index (κ1) is 24.4. The van der Waals surface area contributed by atoms with Crippen molar-refractivity contribution in [3.8, 4) is 0 Å². The molecule has 0 unspecified atom stereocenters. The molecule has 0 saturated carbocycles. The Morgan fingerprint density at radius 2 is 2.14 bits per heavy atom. The molecule has 15 heteroatoms. The van der Waals surface area contributed by atoms with Crippen LogP contribution < -0.4 is 21.0 Å². The first-order valence-corrected chi connectivity index (χ1v) is 10.7. The number of carbonyl (C=O) groups is 2. The molecule has 190 valence electrons. The second-order valence-electron chi connectivity index (χ2n) is 7.66. The third kappa shape index (κ3) is 5.34. The number of aromatic nitrogens is 1. The predicted molar refractivity (Wildman–Crippen MR) is 126 cm³/mol. The molecule has 0 spiro atoms. The van der Waals surface area contributed by atoms with Gasteiger partial charge in [-0.3, -0.25) is 20.2 Å². The van der Waals surface area contributed by atoms with Gasteiger partial charge in [-0.15, -0.1) is 0 Å². The maximum atomic E-state index is 15.1. The molecule has 1 fully saturated rings. The minimum atomic E-state index is -0.931. The van der Waals surface area contributed by atoms with Gasteiger partial charge in [-0.2, -0.15) is 10.2 Å². The van der Waals surface area contributed by atoms with Crippen LogP contribution in [-0.2, 0) is 4.74 Å². The molecule has 1 atom stereocenters. The van der Waals surface area contributed by atoms with Gasteiger partial charge in [0.25, 0.3) is 0 Å². The molecule has 13 nitrogen and oxygen atoms in total. The molecule has 4 rings (SSSR count). The summed E-state index contributed by atoms with van der Waals surface area (Å²) in [5.41, 5.74) is 4.92. The SMILES string of the molecule is C=NN(/C=C\N)C[C@H]1CN(c2cc(F)c(N3CCN(C(=O)Nc4ccon4)CC=N3)c(F)c2)C(=O)O1. The number of hydrogen-bond donors (Lipinski definition) is 2. The Morgan fingerprint density at radius 3 is 2.81 bits per heavy atom. The van der Waals surface area contributed by atoms with Crippen LogP contribution in [0.3, 0.4) is 0 Å². The van der Waals surface area contributed by atoms with Crippen molar-refractivity contribution >= 4 is 42.2 Å². The van der Waals surface area contributed by atoms with E-state index in [-0.39, 0.29) is 44.2 Å². The van der Waals surface area contributed by atoms with Crippen LogP contribution in [0.5, 0.6) is 0 Å². The van der Waals surface area contributed by atoms with E-state index in [0.29, 0.717) is 0 Å². The van der Waals surface area contributed by atoms with E-state index in [1.807, 2.05) is 0 Å². The minimum absolute atomic E-state index is 0.0128. The molecule has 0 aliphatic carbocycles. The van der Waals surface area contributed by atoms with E-state index in [0.717, 1.165) is 22.0 Å². The zero-order chi connectivity index (χ0) is 25.7. The highest BCUT2D eigenvalue weighted by Crippen LogP contribution is 2.31. The summed E-state index contributed by atoms with van der Waals surface area (Å²) in [7, 11) is 0. The van der Waals surface area contributed by atoms with E-state index in [1.165, 1.54) is 40.9 Å². The summed E-state index contributed by atoms with van der Waals surface area (Å²) in [6, 6.07) is 3.06. The van der Waals surface area contributed by atoms with Crippen LogP contribution in [0.15, 0.2) is 51.6 Å². The van der Waals surface area contributed by atoms with Crippen LogP contribution in [-0.4, -0.2) is 78.9 Å². The van der Waals surface area contributed by atoms with Gasteiger partial charge in [0.1, 0.15) is 18.1 Å². The fourth-order valence-corrected chi connectivity index (χ4v) is 3.67. The molecule has 1 aromatic carbocycles. The van der Waals surface area contributed by atoms with E-state index >= 15 is 8.78 Å². The zero-order valence-electron chi connectivity index (χ0n) is 19.0. The lowest BCUT2D eigenvalue weighted by atomic mass is 10.2. The maximum Gasteiger partial charge on any atom is 0.414 e. The van der Waals surface area contributed by atoms with Gasteiger partial charge in [0, 0.05) is 50.1 Å².